The van der Waals surface area contributed by atoms with Gasteiger partial charge in [-0.05, 0) is 12.5 Å². The van der Waals surface area contributed by atoms with Crippen LogP contribution in [0.15, 0.2) is 24.4 Å². The van der Waals surface area contributed by atoms with Crippen molar-refractivity contribution in [1.29, 1.82) is 0 Å². The van der Waals surface area contributed by atoms with E-state index in [1.165, 1.54) is 0 Å². The van der Waals surface area contributed by atoms with Crippen molar-refractivity contribution in [1.82, 2.24) is 14.9 Å². The first-order valence-electron chi connectivity index (χ1n) is 7.44. The van der Waals surface area contributed by atoms with Crippen LogP contribution in [0.3, 0.4) is 0 Å². The molecule has 1 unspecified atom stereocenters. The first-order valence-corrected chi connectivity index (χ1v) is 7.44. The van der Waals surface area contributed by atoms with Gasteiger partial charge in [0.25, 0.3) is 5.91 Å². The molecule has 2 rings (SSSR count). The van der Waals surface area contributed by atoms with Gasteiger partial charge < -0.3 is 4.90 Å². The Hall–Kier alpha value is -1.71. The monoisotopic (exact) mass is 273 g/mol. The average molecular weight is 273 g/mol. The molecule has 20 heavy (non-hydrogen) atoms. The Morgan fingerprint density at radius 1 is 1.50 bits per heavy atom. The lowest BCUT2D eigenvalue weighted by atomic mass is 10.1. The topological polar surface area (TPSA) is 46.1 Å². The van der Waals surface area contributed by atoms with Gasteiger partial charge >= 0.3 is 0 Å². The molecule has 0 N–H and O–H groups in total. The van der Waals surface area contributed by atoms with Crippen molar-refractivity contribution in [2.24, 2.45) is 0 Å². The van der Waals surface area contributed by atoms with Crippen LogP contribution in [0.25, 0.3) is 0 Å². The van der Waals surface area contributed by atoms with E-state index in [-0.39, 0.29) is 17.9 Å². The molecule has 4 heteroatoms. The molecule has 0 spiro atoms. The molecule has 0 saturated heterocycles. The molecule has 1 amide bonds. The maximum Gasteiger partial charge on any atom is 0.273 e. The lowest BCUT2D eigenvalue weighted by molar-refractivity contribution is 0.0737. The molecule has 1 aliphatic heterocycles. The second kappa shape index (κ2) is 6.64. The van der Waals surface area contributed by atoms with Gasteiger partial charge in [-0.15, -0.1) is 0 Å². The van der Waals surface area contributed by atoms with Gasteiger partial charge in [0.1, 0.15) is 11.5 Å². The van der Waals surface area contributed by atoms with E-state index >= 15 is 0 Å². The summed E-state index contributed by atoms with van der Waals surface area (Å²) < 4.78 is 0. The number of carbonyl (C=O) groups excluding carboxylic acids is 1. The normalized spacial score (nSPS) is 18.0. The molecule has 2 heterocycles. The fourth-order valence-electron chi connectivity index (χ4n) is 2.39. The van der Waals surface area contributed by atoms with Crippen molar-refractivity contribution in [3.05, 3.63) is 35.9 Å². The summed E-state index contributed by atoms with van der Waals surface area (Å²) in [7, 11) is 0. The molecule has 1 aliphatic rings. The van der Waals surface area contributed by atoms with Crippen molar-refractivity contribution < 1.29 is 4.79 Å². The molecule has 108 valence electrons. The van der Waals surface area contributed by atoms with E-state index in [2.05, 4.69) is 29.0 Å². The molecule has 1 aromatic heterocycles. The zero-order chi connectivity index (χ0) is 14.5. The molecular weight excluding hydrogens is 250 g/mol. The molecule has 0 aromatic carbocycles. The fraction of sp³-hybridized carbons (Fsp3) is 0.562. The van der Waals surface area contributed by atoms with E-state index in [0.717, 1.165) is 25.1 Å². The summed E-state index contributed by atoms with van der Waals surface area (Å²) in [5.41, 5.74) is 0.508. The Kier molecular flexibility index (Phi) is 4.88. The number of hydrogen-bond acceptors (Lipinski definition) is 3. The maximum absolute atomic E-state index is 12.6. The largest absolute Gasteiger partial charge is 0.327 e. The van der Waals surface area contributed by atoms with Gasteiger partial charge in [0, 0.05) is 18.7 Å². The standard InChI is InChI=1S/C16H23N3O/c1-4-5-7-13-8-6-11-19(13)16(20)14-9-10-17-15(18-14)12(2)3/h6,8-10,12-13H,4-5,7,11H2,1-3H3. The van der Waals surface area contributed by atoms with Crippen LogP contribution in [0.1, 0.15) is 62.3 Å². The maximum atomic E-state index is 12.6. The van der Waals surface area contributed by atoms with E-state index in [1.807, 2.05) is 18.7 Å². The van der Waals surface area contributed by atoms with Gasteiger partial charge in [-0.1, -0.05) is 45.8 Å². The Morgan fingerprint density at radius 2 is 2.30 bits per heavy atom. The number of hydrogen-bond donors (Lipinski definition) is 0. The quantitative estimate of drug-likeness (QED) is 0.774. The van der Waals surface area contributed by atoms with Gasteiger partial charge in [-0.2, -0.15) is 0 Å². The van der Waals surface area contributed by atoms with Crippen LogP contribution in [0.4, 0.5) is 0 Å². The summed E-state index contributed by atoms with van der Waals surface area (Å²) in [6.45, 7) is 6.93. The highest BCUT2D eigenvalue weighted by molar-refractivity contribution is 5.93. The SMILES string of the molecule is CCCCC1C=CCN1C(=O)c1ccnc(C(C)C)n1. The molecule has 0 saturated carbocycles. The van der Waals surface area contributed by atoms with Crippen molar-refractivity contribution in [2.75, 3.05) is 6.54 Å². The Morgan fingerprint density at radius 3 is 3.00 bits per heavy atom. The number of nitrogens with zero attached hydrogens (tertiary/aromatic N) is 3. The fourth-order valence-corrected chi connectivity index (χ4v) is 2.39. The molecule has 1 aromatic rings. The van der Waals surface area contributed by atoms with Crippen LogP contribution in [0.2, 0.25) is 0 Å². The highest BCUT2D eigenvalue weighted by Gasteiger charge is 2.26. The van der Waals surface area contributed by atoms with Crippen molar-refractivity contribution in [3.8, 4) is 0 Å². The summed E-state index contributed by atoms with van der Waals surface area (Å²) in [6, 6.07) is 1.93. The van der Waals surface area contributed by atoms with Gasteiger partial charge in [0.2, 0.25) is 0 Å². The van der Waals surface area contributed by atoms with Crippen LogP contribution in [-0.2, 0) is 0 Å². The zero-order valence-electron chi connectivity index (χ0n) is 12.5. The minimum absolute atomic E-state index is 0.0143. The van der Waals surface area contributed by atoms with E-state index in [4.69, 9.17) is 0 Å². The first kappa shape index (κ1) is 14.7. The molecule has 0 fully saturated rings. The minimum Gasteiger partial charge on any atom is -0.327 e. The predicted molar refractivity (Wildman–Crippen MR) is 79.6 cm³/mol. The average Bonchev–Trinajstić information content (AvgIpc) is 2.92. The molecule has 0 aliphatic carbocycles. The molecule has 0 bridgehead atoms. The van der Waals surface area contributed by atoms with Crippen LogP contribution in [0.5, 0.6) is 0 Å². The number of carbonyl (C=O) groups is 1. The summed E-state index contributed by atoms with van der Waals surface area (Å²) in [6.07, 6.45) is 9.21. The third-order valence-corrected chi connectivity index (χ3v) is 3.58. The molecule has 0 radical (unpaired) electrons. The van der Waals surface area contributed by atoms with Crippen LogP contribution < -0.4 is 0 Å². The highest BCUT2D eigenvalue weighted by atomic mass is 16.2. The number of aromatic nitrogens is 2. The van der Waals surface area contributed by atoms with Gasteiger partial charge in [-0.25, -0.2) is 9.97 Å². The predicted octanol–water partition coefficient (Wildman–Crippen LogP) is 3.17. The number of unbranched alkanes of at least 4 members (excludes halogenated alkanes) is 1. The van der Waals surface area contributed by atoms with Gasteiger partial charge in [-0.3, -0.25) is 4.79 Å². The number of amides is 1. The lowest BCUT2D eigenvalue weighted by Gasteiger charge is -2.24. The molecular formula is C16H23N3O. The van der Waals surface area contributed by atoms with Crippen LogP contribution in [-0.4, -0.2) is 33.4 Å². The van der Waals surface area contributed by atoms with Crippen LogP contribution >= 0.6 is 0 Å². The summed E-state index contributed by atoms with van der Waals surface area (Å²) in [4.78, 5) is 23.1. The molecule has 1 atom stereocenters. The highest BCUT2D eigenvalue weighted by Crippen LogP contribution is 2.19. The second-order valence-corrected chi connectivity index (χ2v) is 5.55. The Bertz CT molecular complexity index is 496. The van der Waals surface area contributed by atoms with Crippen molar-refractivity contribution in [2.45, 2.75) is 52.0 Å². The molecule has 4 nitrogen and oxygen atoms in total. The Labute approximate surface area is 120 Å². The van der Waals surface area contributed by atoms with Gasteiger partial charge in [0.05, 0.1) is 6.04 Å². The zero-order valence-corrected chi connectivity index (χ0v) is 12.5. The number of rotatable bonds is 5. The third kappa shape index (κ3) is 3.24. The minimum atomic E-state index is 0.0143. The van der Waals surface area contributed by atoms with Crippen molar-refractivity contribution in [3.63, 3.8) is 0 Å². The van der Waals surface area contributed by atoms with E-state index in [9.17, 15) is 4.79 Å². The van der Waals surface area contributed by atoms with Crippen molar-refractivity contribution >= 4 is 5.91 Å². The Balaban J connectivity index is 2.12. The van der Waals surface area contributed by atoms with E-state index in [1.54, 1.807) is 12.3 Å². The first-order chi connectivity index (χ1) is 9.63. The van der Waals surface area contributed by atoms with E-state index in [0.29, 0.717) is 12.2 Å². The summed E-state index contributed by atoms with van der Waals surface area (Å²) in [5.74, 6) is 0.976. The van der Waals surface area contributed by atoms with Crippen LogP contribution in [0, 0.1) is 0 Å². The second-order valence-electron chi connectivity index (χ2n) is 5.55. The third-order valence-electron chi connectivity index (χ3n) is 3.58. The van der Waals surface area contributed by atoms with E-state index < -0.39 is 0 Å². The summed E-state index contributed by atoms with van der Waals surface area (Å²) >= 11 is 0. The smallest absolute Gasteiger partial charge is 0.273 e. The van der Waals surface area contributed by atoms with Gasteiger partial charge in [0.15, 0.2) is 0 Å². The summed E-state index contributed by atoms with van der Waals surface area (Å²) in [5, 5.41) is 0. The lowest BCUT2D eigenvalue weighted by Crippen LogP contribution is -2.36.